The van der Waals surface area contributed by atoms with Gasteiger partial charge in [-0.2, -0.15) is 0 Å². The molecule has 1 unspecified atom stereocenters. The van der Waals surface area contributed by atoms with E-state index in [2.05, 4.69) is 12.2 Å². The summed E-state index contributed by atoms with van der Waals surface area (Å²) in [7, 11) is 0. The molecular weight excluding hydrogens is 318 g/mol. The summed E-state index contributed by atoms with van der Waals surface area (Å²) in [4.78, 5) is 28.8. The molecule has 3 heterocycles. The van der Waals surface area contributed by atoms with Crippen LogP contribution in [0.4, 0.5) is 0 Å². The van der Waals surface area contributed by atoms with Crippen LogP contribution in [0.3, 0.4) is 0 Å². The molecule has 2 fully saturated rings. The molecule has 1 N–H and O–H groups in total. The number of halogens is 1. The average Bonchev–Trinajstić information content (AvgIpc) is 3.25. The van der Waals surface area contributed by atoms with Crippen LogP contribution in [0.5, 0.6) is 0 Å². The highest BCUT2D eigenvalue weighted by molar-refractivity contribution is 5.94. The lowest BCUT2D eigenvalue weighted by Crippen LogP contribution is -2.59. The quantitative estimate of drug-likeness (QED) is 0.905. The third kappa shape index (κ3) is 3.38. The van der Waals surface area contributed by atoms with Gasteiger partial charge in [0.15, 0.2) is 0 Å². The van der Waals surface area contributed by atoms with Crippen molar-refractivity contribution < 1.29 is 14.0 Å². The van der Waals surface area contributed by atoms with Gasteiger partial charge in [0, 0.05) is 26.2 Å². The van der Waals surface area contributed by atoms with Gasteiger partial charge in [0.1, 0.15) is 6.26 Å². The van der Waals surface area contributed by atoms with Crippen molar-refractivity contribution in [2.45, 2.75) is 31.7 Å². The van der Waals surface area contributed by atoms with Crippen LogP contribution in [-0.4, -0.2) is 59.9 Å². The number of piperazine rings is 1. The van der Waals surface area contributed by atoms with Gasteiger partial charge in [0.05, 0.1) is 17.4 Å². The van der Waals surface area contributed by atoms with E-state index in [0.717, 1.165) is 25.8 Å². The number of carbonyl (C=O) groups is 2. The fourth-order valence-electron chi connectivity index (χ4n) is 3.43. The van der Waals surface area contributed by atoms with Crippen LogP contribution >= 0.6 is 12.4 Å². The first-order chi connectivity index (χ1) is 10.7. The highest BCUT2D eigenvalue weighted by Gasteiger charge is 2.42. The lowest BCUT2D eigenvalue weighted by atomic mass is 9.92. The minimum atomic E-state index is -0.378. The molecule has 0 aliphatic carbocycles. The number of hydrogen-bond acceptors (Lipinski definition) is 4. The summed E-state index contributed by atoms with van der Waals surface area (Å²) in [6.45, 7) is 5.34. The number of rotatable bonds is 3. The van der Waals surface area contributed by atoms with Crippen molar-refractivity contribution in [2.75, 3.05) is 32.7 Å². The number of furan rings is 1. The predicted molar refractivity (Wildman–Crippen MR) is 88.7 cm³/mol. The van der Waals surface area contributed by atoms with Gasteiger partial charge in [-0.1, -0.05) is 6.92 Å². The van der Waals surface area contributed by atoms with Crippen LogP contribution in [0.1, 0.15) is 36.5 Å². The summed E-state index contributed by atoms with van der Waals surface area (Å²) in [6, 6.07) is 1.67. The van der Waals surface area contributed by atoms with E-state index in [1.165, 1.54) is 12.5 Å². The van der Waals surface area contributed by atoms with Crippen LogP contribution < -0.4 is 5.32 Å². The molecule has 0 radical (unpaired) electrons. The molecule has 2 amide bonds. The van der Waals surface area contributed by atoms with Gasteiger partial charge < -0.3 is 19.5 Å². The lowest BCUT2D eigenvalue weighted by molar-refractivity contribution is -0.139. The maximum absolute atomic E-state index is 12.8. The minimum Gasteiger partial charge on any atom is -0.472 e. The number of nitrogens with one attached hydrogen (secondary N) is 1. The molecule has 1 aromatic heterocycles. The molecule has 0 aromatic carbocycles. The smallest absolute Gasteiger partial charge is 0.257 e. The summed E-state index contributed by atoms with van der Waals surface area (Å²) in [6.07, 6.45) is 5.76. The molecule has 23 heavy (non-hydrogen) atoms. The largest absolute Gasteiger partial charge is 0.472 e. The SMILES string of the molecule is CCC1(C(=O)N2CCN(C(=O)c3ccoc3)CC2)CCCN1.Cl. The highest BCUT2D eigenvalue weighted by atomic mass is 35.5. The van der Waals surface area contributed by atoms with Gasteiger partial charge >= 0.3 is 0 Å². The molecule has 7 heteroatoms. The molecule has 1 atom stereocenters. The van der Waals surface area contributed by atoms with Crippen LogP contribution in [0.15, 0.2) is 23.0 Å². The minimum absolute atomic E-state index is 0. The van der Waals surface area contributed by atoms with E-state index in [0.29, 0.717) is 31.7 Å². The number of nitrogens with zero attached hydrogens (tertiary/aromatic N) is 2. The first-order valence-electron chi connectivity index (χ1n) is 8.02. The van der Waals surface area contributed by atoms with Crippen molar-refractivity contribution in [1.82, 2.24) is 15.1 Å². The van der Waals surface area contributed by atoms with Gasteiger partial charge in [-0.25, -0.2) is 0 Å². The zero-order chi connectivity index (χ0) is 15.6. The summed E-state index contributed by atoms with van der Waals surface area (Å²) < 4.78 is 4.96. The van der Waals surface area contributed by atoms with E-state index in [1.807, 2.05) is 4.90 Å². The van der Waals surface area contributed by atoms with Crippen molar-refractivity contribution in [3.63, 3.8) is 0 Å². The number of amides is 2. The summed E-state index contributed by atoms with van der Waals surface area (Å²) >= 11 is 0. The zero-order valence-electron chi connectivity index (χ0n) is 13.4. The van der Waals surface area contributed by atoms with Crippen LogP contribution in [-0.2, 0) is 4.79 Å². The zero-order valence-corrected chi connectivity index (χ0v) is 14.2. The van der Waals surface area contributed by atoms with E-state index < -0.39 is 0 Å². The Balaban J connectivity index is 0.00000192. The van der Waals surface area contributed by atoms with Crippen LogP contribution in [0.25, 0.3) is 0 Å². The van der Waals surface area contributed by atoms with E-state index in [1.54, 1.807) is 11.0 Å². The van der Waals surface area contributed by atoms with E-state index >= 15 is 0 Å². The maximum atomic E-state index is 12.8. The maximum Gasteiger partial charge on any atom is 0.257 e. The van der Waals surface area contributed by atoms with E-state index in [4.69, 9.17) is 4.42 Å². The second-order valence-electron chi connectivity index (χ2n) is 6.06. The molecule has 0 spiro atoms. The van der Waals surface area contributed by atoms with Gasteiger partial charge in [0.25, 0.3) is 5.91 Å². The predicted octanol–water partition coefficient (Wildman–Crippen LogP) is 1.52. The molecule has 128 valence electrons. The van der Waals surface area contributed by atoms with Crippen molar-refractivity contribution in [1.29, 1.82) is 0 Å². The second-order valence-corrected chi connectivity index (χ2v) is 6.06. The summed E-state index contributed by atoms with van der Waals surface area (Å²) in [5.74, 6) is 0.174. The highest BCUT2D eigenvalue weighted by Crippen LogP contribution is 2.26. The summed E-state index contributed by atoms with van der Waals surface area (Å²) in [5.41, 5.74) is 0.193. The second kappa shape index (κ2) is 7.36. The van der Waals surface area contributed by atoms with Crippen molar-refractivity contribution in [2.24, 2.45) is 0 Å². The van der Waals surface area contributed by atoms with Crippen molar-refractivity contribution in [3.8, 4) is 0 Å². The summed E-state index contributed by atoms with van der Waals surface area (Å²) in [5, 5.41) is 3.39. The van der Waals surface area contributed by atoms with Crippen molar-refractivity contribution in [3.05, 3.63) is 24.2 Å². The first kappa shape index (κ1) is 17.8. The Morgan fingerprint density at radius 2 is 1.96 bits per heavy atom. The lowest BCUT2D eigenvalue weighted by Gasteiger charge is -2.39. The Labute approximate surface area is 142 Å². The fourth-order valence-corrected chi connectivity index (χ4v) is 3.43. The van der Waals surface area contributed by atoms with Gasteiger partial charge in [-0.05, 0) is 31.9 Å². The molecule has 2 aliphatic rings. The Morgan fingerprint density at radius 3 is 2.48 bits per heavy atom. The van der Waals surface area contributed by atoms with E-state index in [9.17, 15) is 9.59 Å². The first-order valence-corrected chi connectivity index (χ1v) is 8.02. The monoisotopic (exact) mass is 341 g/mol. The van der Waals surface area contributed by atoms with Gasteiger partial charge in [0.2, 0.25) is 5.91 Å². The topological polar surface area (TPSA) is 65.8 Å². The van der Waals surface area contributed by atoms with Gasteiger partial charge in [-0.3, -0.25) is 9.59 Å². The van der Waals surface area contributed by atoms with Crippen LogP contribution in [0.2, 0.25) is 0 Å². The molecule has 2 aliphatic heterocycles. The number of hydrogen-bond donors (Lipinski definition) is 1. The molecule has 3 rings (SSSR count). The van der Waals surface area contributed by atoms with E-state index in [-0.39, 0.29) is 29.8 Å². The Bertz CT molecular complexity index is 533. The fraction of sp³-hybridized carbons (Fsp3) is 0.625. The molecular formula is C16H24ClN3O3. The molecule has 2 saturated heterocycles. The molecule has 1 aromatic rings. The Morgan fingerprint density at radius 1 is 1.26 bits per heavy atom. The Hall–Kier alpha value is -1.53. The number of carbonyl (C=O) groups excluding carboxylic acids is 2. The average molecular weight is 342 g/mol. The standard InChI is InChI=1S/C16H23N3O3.ClH/c1-2-16(5-3-6-17-16)15(21)19-9-7-18(8-10-19)14(20)13-4-11-22-12-13;/h4,11-12,17H,2-3,5-10H2,1H3;1H. The molecule has 0 bridgehead atoms. The van der Waals surface area contributed by atoms with Crippen molar-refractivity contribution >= 4 is 24.2 Å². The third-order valence-electron chi connectivity index (χ3n) is 4.88. The molecule has 0 saturated carbocycles. The molecule has 6 nitrogen and oxygen atoms in total. The Kier molecular flexibility index (Phi) is 5.70. The third-order valence-corrected chi connectivity index (χ3v) is 4.88. The van der Waals surface area contributed by atoms with Gasteiger partial charge in [-0.15, -0.1) is 12.4 Å². The normalized spacial score (nSPS) is 24.4. The van der Waals surface area contributed by atoms with Crippen LogP contribution in [0, 0.1) is 0 Å².